The summed E-state index contributed by atoms with van der Waals surface area (Å²) in [5.41, 5.74) is 3.96. The van der Waals surface area contributed by atoms with Crippen molar-refractivity contribution >= 4 is 28.9 Å². The van der Waals surface area contributed by atoms with Gasteiger partial charge in [-0.3, -0.25) is 9.78 Å². The molecule has 7 heteroatoms. The average Bonchev–Trinajstić information content (AvgIpc) is 3.31. The van der Waals surface area contributed by atoms with Gasteiger partial charge in [0, 0.05) is 44.3 Å². The summed E-state index contributed by atoms with van der Waals surface area (Å²) in [6.45, 7) is 2.50. The SMILES string of the molecule is Cc1ccccc1NC(=O)CCN1C(=S)N[C@H](c2ccccn2)[C@@H]1c1ccn(C)c1. The number of amides is 1. The fraction of sp³-hybridized carbons (Fsp3) is 0.261. The molecular formula is C23H25N5OS. The summed E-state index contributed by atoms with van der Waals surface area (Å²) in [7, 11) is 2.00. The molecule has 1 fully saturated rings. The van der Waals surface area contributed by atoms with Crippen molar-refractivity contribution in [3.8, 4) is 0 Å². The van der Waals surface area contributed by atoms with Crippen LogP contribution in [0.25, 0.3) is 0 Å². The molecule has 0 spiro atoms. The quantitative estimate of drug-likeness (QED) is 0.596. The number of nitrogens with one attached hydrogen (secondary N) is 2. The highest BCUT2D eigenvalue weighted by Crippen LogP contribution is 2.38. The van der Waals surface area contributed by atoms with Gasteiger partial charge in [-0.25, -0.2) is 0 Å². The summed E-state index contributed by atoms with van der Waals surface area (Å²) in [6.07, 6.45) is 6.25. The molecule has 2 N–H and O–H groups in total. The number of anilines is 1. The van der Waals surface area contributed by atoms with Crippen LogP contribution in [0.5, 0.6) is 0 Å². The van der Waals surface area contributed by atoms with Crippen molar-refractivity contribution in [3.05, 3.63) is 83.9 Å². The Morgan fingerprint density at radius 2 is 2.00 bits per heavy atom. The fourth-order valence-corrected chi connectivity index (χ4v) is 4.19. The minimum atomic E-state index is -0.0690. The monoisotopic (exact) mass is 419 g/mol. The normalized spacial score (nSPS) is 18.3. The third-order valence-corrected chi connectivity index (χ3v) is 5.75. The van der Waals surface area contributed by atoms with Crippen molar-refractivity contribution in [1.29, 1.82) is 0 Å². The Hall–Kier alpha value is -3.19. The highest BCUT2D eigenvalue weighted by Gasteiger charge is 2.40. The maximum atomic E-state index is 12.6. The van der Waals surface area contributed by atoms with Crippen molar-refractivity contribution in [3.63, 3.8) is 0 Å². The minimum Gasteiger partial charge on any atom is -0.357 e. The van der Waals surface area contributed by atoms with Crippen LogP contribution < -0.4 is 10.6 Å². The van der Waals surface area contributed by atoms with E-state index in [-0.39, 0.29) is 18.0 Å². The highest BCUT2D eigenvalue weighted by molar-refractivity contribution is 7.80. The molecule has 2 atom stereocenters. The number of rotatable bonds is 6. The standard InChI is InChI=1S/C23H25N5OS/c1-16-7-3-4-8-18(16)25-20(29)11-14-28-22(17-10-13-27(2)15-17)21(26-23(28)30)19-9-5-6-12-24-19/h3-10,12-13,15,21-22H,11,14H2,1-2H3,(H,25,29)(H,26,30)/t21-,22+/m1/s1. The first-order valence-corrected chi connectivity index (χ1v) is 10.4. The first-order chi connectivity index (χ1) is 14.5. The van der Waals surface area contributed by atoms with E-state index in [1.807, 2.05) is 67.2 Å². The topological polar surface area (TPSA) is 62.2 Å². The molecule has 0 bridgehead atoms. The molecule has 0 aliphatic carbocycles. The van der Waals surface area contributed by atoms with Crippen LogP contribution in [0.15, 0.2) is 67.1 Å². The average molecular weight is 420 g/mol. The lowest BCUT2D eigenvalue weighted by Crippen LogP contribution is -2.32. The first kappa shape index (κ1) is 20.1. The molecule has 1 aliphatic heterocycles. The van der Waals surface area contributed by atoms with Gasteiger partial charge >= 0.3 is 0 Å². The zero-order valence-corrected chi connectivity index (χ0v) is 17.9. The van der Waals surface area contributed by atoms with Crippen LogP contribution in [0.1, 0.15) is 35.3 Å². The second kappa shape index (κ2) is 8.67. The number of para-hydroxylation sites is 1. The number of aromatic nitrogens is 2. The van der Waals surface area contributed by atoms with E-state index in [9.17, 15) is 4.79 Å². The summed E-state index contributed by atoms with van der Waals surface area (Å²) in [6, 6.07) is 15.7. The van der Waals surface area contributed by atoms with Crippen molar-refractivity contribution in [2.75, 3.05) is 11.9 Å². The van der Waals surface area contributed by atoms with E-state index in [0.29, 0.717) is 18.1 Å². The maximum absolute atomic E-state index is 12.6. The van der Waals surface area contributed by atoms with Crippen LogP contribution in [-0.2, 0) is 11.8 Å². The van der Waals surface area contributed by atoms with Crippen molar-refractivity contribution < 1.29 is 4.79 Å². The maximum Gasteiger partial charge on any atom is 0.226 e. The number of pyridine rings is 1. The van der Waals surface area contributed by atoms with Gasteiger partial charge in [0.2, 0.25) is 5.91 Å². The molecule has 3 aromatic rings. The number of carbonyl (C=O) groups excluding carboxylic acids is 1. The number of aryl methyl sites for hydroxylation is 2. The second-order valence-electron chi connectivity index (χ2n) is 7.54. The van der Waals surface area contributed by atoms with Crippen molar-refractivity contribution in [1.82, 2.24) is 19.8 Å². The highest BCUT2D eigenvalue weighted by atomic mass is 32.1. The summed E-state index contributed by atoms with van der Waals surface area (Å²) in [5, 5.41) is 7.06. The van der Waals surface area contributed by atoms with Crippen LogP contribution in [0, 0.1) is 6.92 Å². The van der Waals surface area contributed by atoms with Gasteiger partial charge in [-0.15, -0.1) is 0 Å². The Balaban J connectivity index is 1.52. The van der Waals surface area contributed by atoms with E-state index in [0.717, 1.165) is 22.5 Å². The van der Waals surface area contributed by atoms with Crippen LogP contribution >= 0.6 is 12.2 Å². The molecule has 1 saturated heterocycles. The van der Waals surface area contributed by atoms with Crippen molar-refractivity contribution in [2.24, 2.45) is 7.05 Å². The molecule has 6 nitrogen and oxygen atoms in total. The molecule has 2 aromatic heterocycles. The van der Waals surface area contributed by atoms with E-state index < -0.39 is 0 Å². The number of nitrogens with zero attached hydrogens (tertiary/aromatic N) is 3. The number of benzene rings is 1. The van der Waals surface area contributed by atoms with E-state index in [1.165, 1.54) is 0 Å². The molecule has 1 aromatic carbocycles. The third-order valence-electron chi connectivity index (χ3n) is 5.39. The lowest BCUT2D eigenvalue weighted by atomic mass is 9.99. The van der Waals surface area contributed by atoms with Crippen molar-refractivity contribution in [2.45, 2.75) is 25.4 Å². The van der Waals surface area contributed by atoms with Gasteiger partial charge in [-0.1, -0.05) is 24.3 Å². The number of carbonyl (C=O) groups is 1. The van der Waals surface area contributed by atoms with Crippen LogP contribution in [-0.4, -0.2) is 32.0 Å². The van der Waals surface area contributed by atoms with Crippen LogP contribution in [0.4, 0.5) is 5.69 Å². The molecule has 4 rings (SSSR count). The molecule has 0 radical (unpaired) electrons. The summed E-state index contributed by atoms with van der Waals surface area (Å²) in [4.78, 5) is 19.2. The van der Waals surface area contributed by atoms with E-state index in [4.69, 9.17) is 12.2 Å². The summed E-state index contributed by atoms with van der Waals surface area (Å²) >= 11 is 5.65. The Labute approximate surface area is 181 Å². The minimum absolute atomic E-state index is 0.0276. The molecule has 0 unspecified atom stereocenters. The van der Waals surface area contributed by atoms with E-state index >= 15 is 0 Å². The summed E-state index contributed by atoms with van der Waals surface area (Å²) < 4.78 is 2.02. The number of hydrogen-bond donors (Lipinski definition) is 2. The lowest BCUT2D eigenvalue weighted by Gasteiger charge is -2.27. The van der Waals surface area contributed by atoms with Gasteiger partial charge in [-0.05, 0) is 54.5 Å². The molecule has 1 aliphatic rings. The predicted molar refractivity (Wildman–Crippen MR) is 122 cm³/mol. The van der Waals surface area contributed by atoms with Crippen LogP contribution in [0.2, 0.25) is 0 Å². The molecule has 154 valence electrons. The third kappa shape index (κ3) is 4.21. The Bertz CT molecular complexity index is 1050. The predicted octanol–water partition coefficient (Wildman–Crippen LogP) is 3.73. The number of hydrogen-bond acceptors (Lipinski definition) is 3. The Kier molecular flexibility index (Phi) is 5.81. The van der Waals surface area contributed by atoms with Gasteiger partial charge in [0.15, 0.2) is 5.11 Å². The zero-order chi connectivity index (χ0) is 21.1. The first-order valence-electron chi connectivity index (χ1n) is 9.98. The van der Waals surface area contributed by atoms with Gasteiger partial charge in [0.1, 0.15) is 0 Å². The molecule has 30 heavy (non-hydrogen) atoms. The molecule has 3 heterocycles. The molecule has 0 saturated carbocycles. The Morgan fingerprint density at radius 1 is 1.20 bits per heavy atom. The molecule has 1 amide bonds. The molecular weight excluding hydrogens is 394 g/mol. The smallest absolute Gasteiger partial charge is 0.226 e. The fourth-order valence-electron chi connectivity index (χ4n) is 3.86. The number of thiocarbonyl (C=S) groups is 1. The second-order valence-corrected chi connectivity index (χ2v) is 7.93. The van der Waals surface area contributed by atoms with Gasteiger partial charge in [-0.2, -0.15) is 0 Å². The van der Waals surface area contributed by atoms with E-state index in [2.05, 4.69) is 32.8 Å². The largest absolute Gasteiger partial charge is 0.357 e. The lowest BCUT2D eigenvalue weighted by molar-refractivity contribution is -0.116. The van der Waals surface area contributed by atoms with Gasteiger partial charge < -0.3 is 20.1 Å². The summed E-state index contributed by atoms with van der Waals surface area (Å²) in [5.74, 6) is -0.0276. The Morgan fingerprint density at radius 3 is 2.70 bits per heavy atom. The van der Waals surface area contributed by atoms with Gasteiger partial charge in [0.25, 0.3) is 0 Å². The van der Waals surface area contributed by atoms with Gasteiger partial charge in [0.05, 0.1) is 17.8 Å². The zero-order valence-electron chi connectivity index (χ0n) is 17.1. The van der Waals surface area contributed by atoms with Crippen LogP contribution in [0.3, 0.4) is 0 Å². The van der Waals surface area contributed by atoms with E-state index in [1.54, 1.807) is 6.20 Å².